The number of hydrogen-bond acceptors (Lipinski definition) is 5. The molecular weight excluding hydrogens is 292 g/mol. The van der Waals surface area contributed by atoms with Crippen molar-refractivity contribution in [1.82, 2.24) is 9.97 Å². The molecule has 6 nitrogen and oxygen atoms in total. The van der Waals surface area contributed by atoms with Gasteiger partial charge < -0.3 is 5.32 Å². The summed E-state index contributed by atoms with van der Waals surface area (Å²) in [6.07, 6.45) is 4.09. The van der Waals surface area contributed by atoms with Gasteiger partial charge in [0, 0.05) is 0 Å². The van der Waals surface area contributed by atoms with Crippen LogP contribution < -0.4 is 5.32 Å². The molecule has 108 valence electrons. The number of rotatable bonds is 3. The number of halogens is 1. The van der Waals surface area contributed by atoms with Crippen LogP contribution in [0.25, 0.3) is 0 Å². The van der Waals surface area contributed by atoms with Crippen molar-refractivity contribution in [3.8, 4) is 0 Å². The van der Waals surface area contributed by atoms with Gasteiger partial charge in [0.25, 0.3) is 0 Å². The summed E-state index contributed by atoms with van der Waals surface area (Å²) < 4.78 is 0. The van der Waals surface area contributed by atoms with Crippen molar-refractivity contribution in [1.29, 1.82) is 0 Å². The summed E-state index contributed by atoms with van der Waals surface area (Å²) in [5.41, 5.74) is 2.26. The molecule has 0 radical (unpaired) electrons. The van der Waals surface area contributed by atoms with Gasteiger partial charge in [0.05, 0.1) is 11.0 Å². The molecule has 1 N–H and O–H groups in total. The zero-order valence-corrected chi connectivity index (χ0v) is 11.9. The van der Waals surface area contributed by atoms with E-state index in [1.165, 1.54) is 5.56 Å². The second-order valence-corrected chi connectivity index (χ2v) is 5.26. The first-order valence-electron chi connectivity index (χ1n) is 6.66. The second kappa shape index (κ2) is 5.65. The van der Waals surface area contributed by atoms with Crippen LogP contribution in [0.1, 0.15) is 30.0 Å². The van der Waals surface area contributed by atoms with Crippen LogP contribution in [0.4, 0.5) is 11.5 Å². The molecule has 21 heavy (non-hydrogen) atoms. The molecule has 2 aromatic rings. The second-order valence-electron chi connectivity index (χ2n) is 4.92. The summed E-state index contributed by atoms with van der Waals surface area (Å²) >= 11 is 5.75. The van der Waals surface area contributed by atoms with Crippen LogP contribution in [-0.4, -0.2) is 14.9 Å². The first kappa shape index (κ1) is 13.8. The minimum Gasteiger partial charge on any atom is -0.357 e. The third kappa shape index (κ3) is 2.80. The maximum Gasteiger partial charge on any atom is 0.329 e. The molecule has 1 aliphatic carbocycles. The molecule has 1 atom stereocenters. The van der Waals surface area contributed by atoms with Crippen molar-refractivity contribution in [2.45, 2.75) is 25.3 Å². The van der Waals surface area contributed by atoms with Crippen molar-refractivity contribution in [3.05, 3.63) is 57.0 Å². The van der Waals surface area contributed by atoms with Crippen molar-refractivity contribution in [2.24, 2.45) is 0 Å². The number of aromatic nitrogens is 2. The summed E-state index contributed by atoms with van der Waals surface area (Å²) in [5, 5.41) is 14.2. The lowest BCUT2D eigenvalue weighted by molar-refractivity contribution is -0.384. The average molecular weight is 305 g/mol. The normalized spacial score (nSPS) is 17.1. The Labute approximate surface area is 126 Å². The van der Waals surface area contributed by atoms with E-state index in [1.54, 1.807) is 0 Å². The molecule has 3 rings (SSSR count). The predicted molar refractivity (Wildman–Crippen MR) is 79.4 cm³/mol. The van der Waals surface area contributed by atoms with E-state index in [0.29, 0.717) is 0 Å². The third-order valence-electron chi connectivity index (χ3n) is 3.62. The Balaban J connectivity index is 1.95. The van der Waals surface area contributed by atoms with E-state index in [9.17, 15) is 10.1 Å². The lowest BCUT2D eigenvalue weighted by Gasteiger charge is -2.26. The highest BCUT2D eigenvalue weighted by atomic mass is 35.5. The first-order chi connectivity index (χ1) is 10.1. The maximum atomic E-state index is 11.1. The SMILES string of the molecule is O=[N+]([O-])c1cnc(Cl)nc1NC1CCCc2ccccc21. The predicted octanol–water partition coefficient (Wildman–Crippen LogP) is 3.53. The Morgan fingerprint density at radius 2 is 2.19 bits per heavy atom. The fourth-order valence-electron chi connectivity index (χ4n) is 2.66. The number of nitrogens with zero attached hydrogens (tertiary/aromatic N) is 3. The van der Waals surface area contributed by atoms with Crippen LogP contribution in [0.5, 0.6) is 0 Å². The molecular formula is C14H13ClN4O2. The fraction of sp³-hybridized carbons (Fsp3) is 0.286. The highest BCUT2D eigenvalue weighted by Gasteiger charge is 2.24. The number of aryl methyl sites for hydroxylation is 1. The molecule has 7 heteroatoms. The Morgan fingerprint density at radius 3 is 3.00 bits per heavy atom. The number of hydrogen-bond donors (Lipinski definition) is 1. The van der Waals surface area contributed by atoms with Gasteiger partial charge in [-0.3, -0.25) is 10.1 Å². The number of nitrogens with one attached hydrogen (secondary N) is 1. The molecule has 0 aliphatic heterocycles. The Morgan fingerprint density at radius 1 is 1.38 bits per heavy atom. The summed E-state index contributed by atoms with van der Waals surface area (Å²) in [5.74, 6) is 0.168. The summed E-state index contributed by atoms with van der Waals surface area (Å²) in [4.78, 5) is 18.2. The van der Waals surface area contributed by atoms with Crippen LogP contribution in [0, 0.1) is 10.1 Å². The molecule has 1 unspecified atom stereocenters. The summed E-state index contributed by atoms with van der Waals surface area (Å²) in [6.45, 7) is 0. The highest BCUT2D eigenvalue weighted by Crippen LogP contribution is 2.34. The van der Waals surface area contributed by atoms with E-state index in [-0.39, 0.29) is 22.8 Å². The van der Waals surface area contributed by atoms with Crippen molar-refractivity contribution in [3.63, 3.8) is 0 Å². The number of fused-ring (bicyclic) bond motifs is 1. The molecule has 0 amide bonds. The van der Waals surface area contributed by atoms with E-state index in [4.69, 9.17) is 11.6 Å². The van der Waals surface area contributed by atoms with Crippen LogP contribution in [0.15, 0.2) is 30.5 Å². The van der Waals surface area contributed by atoms with Crippen LogP contribution in [0.2, 0.25) is 5.28 Å². The van der Waals surface area contributed by atoms with E-state index in [2.05, 4.69) is 21.4 Å². The van der Waals surface area contributed by atoms with Gasteiger partial charge in [-0.1, -0.05) is 24.3 Å². The zero-order chi connectivity index (χ0) is 14.8. The summed E-state index contributed by atoms with van der Waals surface area (Å²) in [7, 11) is 0. The van der Waals surface area contributed by atoms with Gasteiger partial charge in [-0.2, -0.15) is 4.98 Å². The number of benzene rings is 1. The van der Waals surface area contributed by atoms with Crippen LogP contribution in [0.3, 0.4) is 0 Å². The summed E-state index contributed by atoms with van der Waals surface area (Å²) in [6, 6.07) is 8.11. The van der Waals surface area contributed by atoms with E-state index in [1.807, 2.05) is 18.2 Å². The molecule has 1 aromatic carbocycles. The molecule has 0 saturated carbocycles. The Bertz CT molecular complexity index is 692. The average Bonchev–Trinajstić information content (AvgIpc) is 2.47. The smallest absolute Gasteiger partial charge is 0.329 e. The quantitative estimate of drug-likeness (QED) is 0.533. The minimum atomic E-state index is -0.507. The van der Waals surface area contributed by atoms with Crippen molar-refractivity contribution < 1.29 is 4.92 Å². The van der Waals surface area contributed by atoms with Crippen LogP contribution >= 0.6 is 11.6 Å². The molecule has 0 saturated heterocycles. The van der Waals surface area contributed by atoms with Crippen molar-refractivity contribution in [2.75, 3.05) is 5.32 Å². The first-order valence-corrected chi connectivity index (χ1v) is 7.04. The Hall–Kier alpha value is -2.21. The van der Waals surface area contributed by atoms with Gasteiger partial charge >= 0.3 is 5.69 Å². The van der Waals surface area contributed by atoms with E-state index >= 15 is 0 Å². The number of nitro groups is 1. The number of anilines is 1. The lowest BCUT2D eigenvalue weighted by atomic mass is 9.88. The van der Waals surface area contributed by atoms with Crippen molar-refractivity contribution >= 4 is 23.1 Å². The van der Waals surface area contributed by atoms with Gasteiger partial charge in [0.15, 0.2) is 0 Å². The lowest BCUT2D eigenvalue weighted by Crippen LogP contribution is -2.18. The van der Waals surface area contributed by atoms with Gasteiger partial charge in [-0.15, -0.1) is 0 Å². The Kier molecular flexibility index (Phi) is 3.70. The molecule has 0 bridgehead atoms. The maximum absolute atomic E-state index is 11.1. The monoisotopic (exact) mass is 304 g/mol. The van der Waals surface area contributed by atoms with Gasteiger partial charge in [-0.25, -0.2) is 4.98 Å². The van der Waals surface area contributed by atoms with Gasteiger partial charge in [0.1, 0.15) is 6.20 Å². The fourth-order valence-corrected chi connectivity index (χ4v) is 2.80. The van der Waals surface area contributed by atoms with E-state index < -0.39 is 4.92 Å². The zero-order valence-electron chi connectivity index (χ0n) is 11.1. The van der Waals surface area contributed by atoms with Gasteiger partial charge in [-0.05, 0) is 42.0 Å². The highest BCUT2D eigenvalue weighted by molar-refractivity contribution is 6.28. The molecule has 1 aromatic heterocycles. The van der Waals surface area contributed by atoms with Gasteiger partial charge in [0.2, 0.25) is 11.1 Å². The molecule has 1 heterocycles. The molecule has 0 spiro atoms. The van der Waals surface area contributed by atoms with Crippen LogP contribution in [-0.2, 0) is 6.42 Å². The third-order valence-corrected chi connectivity index (χ3v) is 3.80. The standard InChI is InChI=1S/C14H13ClN4O2/c15-14-16-8-12(19(20)21)13(18-14)17-11-7-3-5-9-4-1-2-6-10(9)11/h1-2,4,6,8,11H,3,5,7H2,(H,16,17,18). The molecule has 0 fully saturated rings. The topological polar surface area (TPSA) is 81.0 Å². The largest absolute Gasteiger partial charge is 0.357 e. The minimum absolute atomic E-state index is 0.000355. The molecule has 1 aliphatic rings. The van der Waals surface area contributed by atoms with E-state index in [0.717, 1.165) is 31.0 Å².